The molecule has 0 saturated carbocycles. The van der Waals surface area contributed by atoms with E-state index in [9.17, 15) is 31.1 Å². The van der Waals surface area contributed by atoms with E-state index < -0.39 is 41.3 Å². The van der Waals surface area contributed by atoms with Gasteiger partial charge in [0.25, 0.3) is 5.91 Å². The number of amides is 1. The minimum Gasteiger partial charge on any atom is -0.497 e. The fourth-order valence-electron chi connectivity index (χ4n) is 4.87. The monoisotopic (exact) mass is 607 g/mol. The van der Waals surface area contributed by atoms with Crippen molar-refractivity contribution in [3.8, 4) is 17.0 Å². The van der Waals surface area contributed by atoms with Crippen molar-refractivity contribution in [3.05, 3.63) is 82.4 Å². The molecule has 0 bridgehead atoms. The zero-order valence-corrected chi connectivity index (χ0v) is 24.4. The summed E-state index contributed by atoms with van der Waals surface area (Å²) >= 11 is 0. The number of fused-ring (bicyclic) bond motifs is 1. The summed E-state index contributed by atoms with van der Waals surface area (Å²) in [4.78, 5) is 21.4. The van der Waals surface area contributed by atoms with E-state index in [1.807, 2.05) is 0 Å². The van der Waals surface area contributed by atoms with Crippen molar-refractivity contribution in [2.75, 3.05) is 27.2 Å². The number of alkyl halides is 3. The second-order valence-electron chi connectivity index (χ2n) is 10.5. The van der Waals surface area contributed by atoms with E-state index in [2.05, 4.69) is 10.1 Å². The lowest BCUT2D eigenvalue weighted by molar-refractivity contribution is -0.143. The maximum atomic E-state index is 14.3. The van der Waals surface area contributed by atoms with Gasteiger partial charge in [0.15, 0.2) is 28.8 Å². The number of rotatable bonds is 9. The quantitative estimate of drug-likeness (QED) is 0.157. The molecule has 0 aliphatic carbocycles. The second-order valence-corrected chi connectivity index (χ2v) is 10.5. The van der Waals surface area contributed by atoms with Gasteiger partial charge in [0.05, 0.1) is 19.0 Å². The van der Waals surface area contributed by atoms with Gasteiger partial charge >= 0.3 is 6.18 Å². The van der Waals surface area contributed by atoms with Crippen LogP contribution in [0.5, 0.6) is 5.75 Å². The van der Waals surface area contributed by atoms with Gasteiger partial charge in [0.2, 0.25) is 0 Å². The highest BCUT2D eigenvalue weighted by molar-refractivity contribution is 6.00. The Morgan fingerprint density at radius 1 is 1.02 bits per heavy atom. The Balaban J connectivity index is 1.69. The Morgan fingerprint density at radius 2 is 1.63 bits per heavy atom. The molecular weight excluding hydrogens is 576 g/mol. The van der Waals surface area contributed by atoms with Gasteiger partial charge in [-0.3, -0.25) is 9.69 Å². The van der Waals surface area contributed by atoms with Gasteiger partial charge in [-0.2, -0.15) is 18.3 Å². The highest BCUT2D eigenvalue weighted by atomic mass is 19.4. The van der Waals surface area contributed by atoms with Crippen molar-refractivity contribution in [1.29, 1.82) is 0 Å². The molecule has 230 valence electrons. The highest BCUT2D eigenvalue weighted by Gasteiger charge is 2.39. The fraction of sp³-hybridized carbons (Fsp3) is 0.367. The number of methoxy groups -OCH3 is 1. The molecule has 0 aliphatic heterocycles. The third-order valence-electron chi connectivity index (χ3n) is 7.47. The largest absolute Gasteiger partial charge is 0.497 e. The van der Waals surface area contributed by atoms with Gasteiger partial charge < -0.3 is 9.64 Å². The van der Waals surface area contributed by atoms with Gasteiger partial charge in [0.1, 0.15) is 11.3 Å². The molecule has 0 radical (unpaired) electrons. The number of likely N-dealkylation sites (N-methyl/N-ethyl adjacent to an activating group) is 1. The van der Waals surface area contributed by atoms with Crippen LogP contribution in [0.2, 0.25) is 0 Å². The average molecular weight is 608 g/mol. The van der Waals surface area contributed by atoms with E-state index in [1.165, 1.54) is 18.9 Å². The summed E-state index contributed by atoms with van der Waals surface area (Å²) in [5.41, 5.74) is -0.931. The number of ether oxygens (including phenoxy) is 1. The van der Waals surface area contributed by atoms with E-state index in [1.54, 1.807) is 57.0 Å². The maximum Gasteiger partial charge on any atom is 0.433 e. The SMILES string of the molecule is COc1ccc(-c2nc3c(C(=O)N(CCN(C)[C@@H](C)c4cc(F)c(F)c(F)c4)C(C)C)cnn3c(C(F)(F)F)c2C)cc1. The molecule has 0 saturated heterocycles. The molecule has 43 heavy (non-hydrogen) atoms. The van der Waals surface area contributed by atoms with Gasteiger partial charge in [-0.15, -0.1) is 0 Å². The predicted octanol–water partition coefficient (Wildman–Crippen LogP) is 6.69. The molecule has 1 atom stereocenters. The lowest BCUT2D eigenvalue weighted by atomic mass is 10.0. The summed E-state index contributed by atoms with van der Waals surface area (Å²) in [6, 6.07) is 7.27. The number of benzene rings is 2. The van der Waals surface area contributed by atoms with E-state index in [0.29, 0.717) is 15.8 Å². The molecule has 0 fully saturated rings. The van der Waals surface area contributed by atoms with Crippen LogP contribution in [0.4, 0.5) is 26.3 Å². The van der Waals surface area contributed by atoms with Crippen LogP contribution >= 0.6 is 0 Å². The number of halogens is 6. The van der Waals surface area contributed by atoms with Crippen LogP contribution in [0.15, 0.2) is 42.6 Å². The zero-order chi connectivity index (χ0) is 31.8. The molecule has 2 aromatic carbocycles. The fourth-order valence-corrected chi connectivity index (χ4v) is 4.87. The van der Waals surface area contributed by atoms with Crippen LogP contribution in [0.3, 0.4) is 0 Å². The molecular formula is C30H31F6N5O2. The zero-order valence-electron chi connectivity index (χ0n) is 24.4. The second kappa shape index (κ2) is 12.2. The summed E-state index contributed by atoms with van der Waals surface area (Å²) in [6.07, 6.45) is -3.72. The van der Waals surface area contributed by atoms with Crippen molar-refractivity contribution >= 4 is 11.6 Å². The van der Waals surface area contributed by atoms with Crippen molar-refractivity contribution < 1.29 is 35.9 Å². The van der Waals surface area contributed by atoms with Crippen LogP contribution in [0, 0.1) is 24.4 Å². The standard InChI is InChI=1S/C30H31F6N5O2/c1-16(2)40(12-11-39(5)18(4)20-13-23(31)25(33)24(32)14-20)29(42)22-15-37-41-27(30(34,35)36)17(3)26(38-28(22)41)19-7-9-21(43-6)10-8-19/h7-10,13-16,18H,11-12H2,1-6H3/t18-/m0/s1. The molecule has 0 N–H and O–H groups in total. The first-order chi connectivity index (χ1) is 20.1. The summed E-state index contributed by atoms with van der Waals surface area (Å²) in [5.74, 6) is -4.25. The maximum absolute atomic E-state index is 14.3. The molecule has 2 aromatic heterocycles. The first-order valence-corrected chi connectivity index (χ1v) is 13.4. The third kappa shape index (κ3) is 6.31. The van der Waals surface area contributed by atoms with Gasteiger partial charge in [-0.05, 0) is 76.7 Å². The number of hydrogen-bond donors (Lipinski definition) is 0. The van der Waals surface area contributed by atoms with Crippen LogP contribution in [0.25, 0.3) is 16.9 Å². The Labute approximate surface area is 244 Å². The van der Waals surface area contributed by atoms with Gasteiger partial charge in [-0.1, -0.05) is 0 Å². The van der Waals surface area contributed by atoms with E-state index >= 15 is 0 Å². The van der Waals surface area contributed by atoms with Crippen molar-refractivity contribution in [2.24, 2.45) is 0 Å². The molecule has 0 aliphatic rings. The summed E-state index contributed by atoms with van der Waals surface area (Å²) < 4.78 is 89.7. The molecule has 0 unspecified atom stereocenters. The Kier molecular flexibility index (Phi) is 9.05. The number of carbonyl (C=O) groups excluding carboxylic acids is 1. The Morgan fingerprint density at radius 3 is 2.16 bits per heavy atom. The summed E-state index contributed by atoms with van der Waals surface area (Å²) in [5, 5.41) is 3.91. The topological polar surface area (TPSA) is 63.0 Å². The normalized spacial score (nSPS) is 12.8. The first kappa shape index (κ1) is 31.8. The van der Waals surface area contributed by atoms with E-state index in [4.69, 9.17) is 4.74 Å². The first-order valence-electron chi connectivity index (χ1n) is 13.4. The number of hydrogen-bond acceptors (Lipinski definition) is 5. The van der Waals surface area contributed by atoms with Crippen LogP contribution in [0.1, 0.15) is 54.0 Å². The van der Waals surface area contributed by atoms with E-state index in [0.717, 1.165) is 18.3 Å². The van der Waals surface area contributed by atoms with Crippen molar-refractivity contribution in [2.45, 2.75) is 46.0 Å². The van der Waals surface area contributed by atoms with Gasteiger partial charge in [-0.25, -0.2) is 22.7 Å². The predicted molar refractivity (Wildman–Crippen MR) is 148 cm³/mol. The Hall–Kier alpha value is -4.13. The minimum atomic E-state index is -4.80. The summed E-state index contributed by atoms with van der Waals surface area (Å²) in [6.45, 7) is 6.81. The number of aromatic nitrogens is 3. The van der Waals surface area contributed by atoms with Crippen LogP contribution in [-0.4, -0.2) is 63.6 Å². The smallest absolute Gasteiger partial charge is 0.433 e. The minimum absolute atomic E-state index is 0.0421. The Bertz CT molecular complexity index is 1610. The molecule has 13 heteroatoms. The van der Waals surface area contributed by atoms with Gasteiger partial charge in [0, 0.05) is 36.3 Å². The number of carbonyl (C=O) groups is 1. The van der Waals surface area contributed by atoms with Crippen LogP contribution in [-0.2, 0) is 6.18 Å². The number of nitrogens with zero attached hydrogens (tertiary/aromatic N) is 5. The molecule has 2 heterocycles. The highest BCUT2D eigenvalue weighted by Crippen LogP contribution is 2.37. The van der Waals surface area contributed by atoms with Crippen molar-refractivity contribution in [3.63, 3.8) is 0 Å². The lowest BCUT2D eigenvalue weighted by Gasteiger charge is -2.31. The lowest BCUT2D eigenvalue weighted by Crippen LogP contribution is -2.42. The van der Waals surface area contributed by atoms with E-state index in [-0.39, 0.29) is 47.2 Å². The molecule has 4 rings (SSSR count). The molecule has 0 spiro atoms. The van der Waals surface area contributed by atoms with Crippen molar-refractivity contribution in [1.82, 2.24) is 24.4 Å². The molecule has 7 nitrogen and oxygen atoms in total. The average Bonchev–Trinajstić information content (AvgIpc) is 3.37. The molecule has 1 amide bonds. The summed E-state index contributed by atoms with van der Waals surface area (Å²) in [7, 11) is 3.14. The molecule has 4 aromatic rings. The third-order valence-corrected chi connectivity index (χ3v) is 7.47. The van der Waals surface area contributed by atoms with Crippen LogP contribution < -0.4 is 4.74 Å².